The van der Waals surface area contributed by atoms with Crippen molar-refractivity contribution in [2.45, 2.75) is 19.8 Å². The molecule has 2 amide bonds. The smallest absolute Gasteiger partial charge is 0.412 e. The molecule has 1 saturated heterocycles. The molecule has 0 aliphatic carbocycles. The van der Waals surface area contributed by atoms with Gasteiger partial charge in [0.05, 0.1) is 12.0 Å². The maximum atomic E-state index is 14.6. The maximum absolute atomic E-state index is 14.6. The molecule has 0 unspecified atom stereocenters. The number of ether oxygens (including phenoxy) is 2. The van der Waals surface area contributed by atoms with Crippen molar-refractivity contribution in [1.29, 1.82) is 0 Å². The summed E-state index contributed by atoms with van der Waals surface area (Å²) in [5.74, 6) is -1.92. The van der Waals surface area contributed by atoms with E-state index in [1.165, 1.54) is 43.0 Å². The molecule has 0 bridgehead atoms. The van der Waals surface area contributed by atoms with E-state index in [0.29, 0.717) is 11.7 Å². The minimum absolute atomic E-state index is 0.00498. The molecule has 10 heteroatoms. The Morgan fingerprint density at radius 1 is 1.21 bits per heavy atom. The number of carbonyl (C=O) groups is 2. The first-order valence-corrected chi connectivity index (χ1v) is 11.8. The van der Waals surface area contributed by atoms with Gasteiger partial charge in [0.25, 0.3) is 5.91 Å². The lowest BCUT2D eigenvalue weighted by Gasteiger charge is -2.18. The van der Waals surface area contributed by atoms with Crippen molar-refractivity contribution in [3.8, 4) is 21.9 Å². The van der Waals surface area contributed by atoms with Crippen molar-refractivity contribution in [2.24, 2.45) is 0 Å². The molecular formula is C24H25FN4O4S. The van der Waals surface area contributed by atoms with E-state index >= 15 is 0 Å². The number of aromatic nitrogens is 1. The van der Waals surface area contributed by atoms with Gasteiger partial charge in [-0.2, -0.15) is 0 Å². The van der Waals surface area contributed by atoms with E-state index in [9.17, 15) is 14.0 Å². The number of anilines is 2. The summed E-state index contributed by atoms with van der Waals surface area (Å²) in [6, 6.07) is 10.5. The van der Waals surface area contributed by atoms with Gasteiger partial charge in [0.15, 0.2) is 16.7 Å². The fraction of sp³-hybridized carbons (Fsp3) is 0.292. The van der Waals surface area contributed by atoms with E-state index < -0.39 is 17.8 Å². The number of hydrogen-bond donors (Lipinski definition) is 2. The Labute approximate surface area is 200 Å². The van der Waals surface area contributed by atoms with Gasteiger partial charge < -0.3 is 19.7 Å². The Morgan fingerprint density at radius 3 is 2.74 bits per heavy atom. The number of rotatable bonds is 7. The molecule has 2 aromatic carbocycles. The second-order valence-electron chi connectivity index (χ2n) is 7.64. The summed E-state index contributed by atoms with van der Waals surface area (Å²) < 4.78 is 24.7. The van der Waals surface area contributed by atoms with Crippen molar-refractivity contribution < 1.29 is 23.5 Å². The third-order valence-electron chi connectivity index (χ3n) is 5.34. The highest BCUT2D eigenvalue weighted by Crippen LogP contribution is 2.34. The molecule has 1 aliphatic rings. The molecule has 4 rings (SSSR count). The van der Waals surface area contributed by atoms with Crippen LogP contribution in [0.4, 0.5) is 20.0 Å². The van der Waals surface area contributed by atoms with Crippen molar-refractivity contribution in [3.05, 3.63) is 54.0 Å². The van der Waals surface area contributed by atoms with Gasteiger partial charge in [0, 0.05) is 37.1 Å². The number of methoxy groups -OCH3 is 1. The molecule has 8 nitrogen and oxygen atoms in total. The maximum Gasteiger partial charge on any atom is 0.412 e. The highest BCUT2D eigenvalue weighted by Gasteiger charge is 2.20. The van der Waals surface area contributed by atoms with Gasteiger partial charge in [-0.3, -0.25) is 10.1 Å². The molecule has 0 radical (unpaired) electrons. The average Bonchev–Trinajstić information content (AvgIpc) is 3.53. The van der Waals surface area contributed by atoms with E-state index in [-0.39, 0.29) is 17.1 Å². The molecule has 1 aromatic heterocycles. The van der Waals surface area contributed by atoms with Gasteiger partial charge in [-0.05, 0) is 49.6 Å². The van der Waals surface area contributed by atoms with Crippen LogP contribution in [0.3, 0.4) is 0 Å². The Bertz CT molecular complexity index is 1190. The zero-order valence-electron chi connectivity index (χ0n) is 18.9. The quantitative estimate of drug-likeness (QED) is 0.495. The Morgan fingerprint density at radius 2 is 2.00 bits per heavy atom. The van der Waals surface area contributed by atoms with E-state index in [4.69, 9.17) is 9.47 Å². The van der Waals surface area contributed by atoms with Crippen LogP contribution in [-0.2, 0) is 0 Å². The summed E-state index contributed by atoms with van der Waals surface area (Å²) in [7, 11) is 1.30. The normalized spacial score (nSPS) is 13.0. The fourth-order valence-corrected chi connectivity index (χ4v) is 4.50. The van der Waals surface area contributed by atoms with Gasteiger partial charge in [-0.25, -0.2) is 14.2 Å². The zero-order valence-corrected chi connectivity index (χ0v) is 19.7. The van der Waals surface area contributed by atoms with Gasteiger partial charge >= 0.3 is 6.09 Å². The largest absolute Gasteiger partial charge is 0.493 e. The van der Waals surface area contributed by atoms with E-state index in [2.05, 4.69) is 32.7 Å². The first kappa shape index (κ1) is 23.5. The predicted octanol–water partition coefficient (Wildman–Crippen LogP) is 4.92. The average molecular weight is 485 g/mol. The first-order chi connectivity index (χ1) is 16.5. The van der Waals surface area contributed by atoms with E-state index in [1.54, 1.807) is 13.1 Å². The third kappa shape index (κ3) is 5.28. The second kappa shape index (κ2) is 10.5. The molecule has 3 aromatic rings. The molecule has 178 valence electrons. The van der Waals surface area contributed by atoms with E-state index in [1.807, 2.05) is 12.1 Å². The summed E-state index contributed by atoms with van der Waals surface area (Å²) in [4.78, 5) is 32.0. The van der Waals surface area contributed by atoms with Crippen LogP contribution in [0.25, 0.3) is 10.4 Å². The summed E-state index contributed by atoms with van der Waals surface area (Å²) in [6.45, 7) is 4.14. The number of nitrogens with zero attached hydrogens (tertiary/aromatic N) is 2. The first-order valence-electron chi connectivity index (χ1n) is 10.9. The van der Waals surface area contributed by atoms with Crippen LogP contribution in [0.2, 0.25) is 0 Å². The number of amides is 2. The summed E-state index contributed by atoms with van der Waals surface area (Å²) in [5, 5.41) is 5.48. The molecule has 2 N–H and O–H groups in total. The standard InChI is InChI=1S/C24H25FN4O4S/c1-3-26-24(31)33-21-18(25)12-16(13-19(21)32-2)22(30)28-23-27-14-20(34-23)15-7-6-8-17(11-15)29-9-4-5-10-29/h6-8,11-14H,3-5,9-10H2,1-2H3,(H,26,31)(H,27,28,30). The monoisotopic (exact) mass is 484 g/mol. The van der Waals surface area contributed by atoms with Gasteiger partial charge in [-0.15, -0.1) is 0 Å². The van der Waals surface area contributed by atoms with Crippen molar-refractivity contribution in [2.75, 3.05) is 37.0 Å². The molecule has 34 heavy (non-hydrogen) atoms. The Hall–Kier alpha value is -3.66. The van der Waals surface area contributed by atoms with Crippen molar-refractivity contribution >= 4 is 34.2 Å². The van der Waals surface area contributed by atoms with Gasteiger partial charge in [0.1, 0.15) is 0 Å². The van der Waals surface area contributed by atoms with Crippen LogP contribution in [0, 0.1) is 5.82 Å². The number of benzene rings is 2. The van der Waals surface area contributed by atoms with E-state index in [0.717, 1.165) is 29.6 Å². The van der Waals surface area contributed by atoms with Crippen molar-refractivity contribution in [3.63, 3.8) is 0 Å². The van der Waals surface area contributed by atoms with Crippen LogP contribution >= 0.6 is 11.3 Å². The number of carbonyl (C=O) groups excluding carboxylic acids is 2. The number of halogens is 1. The lowest BCUT2D eigenvalue weighted by Crippen LogP contribution is -2.26. The molecule has 0 spiro atoms. The van der Waals surface area contributed by atoms with Crippen LogP contribution in [0.1, 0.15) is 30.1 Å². The number of thiazole rings is 1. The summed E-state index contributed by atoms with van der Waals surface area (Å²) >= 11 is 1.33. The molecule has 0 atom stereocenters. The summed E-state index contributed by atoms with van der Waals surface area (Å²) in [6.07, 6.45) is 3.28. The SMILES string of the molecule is CCNC(=O)Oc1c(F)cc(C(=O)Nc2ncc(-c3cccc(N4CCCC4)c3)s2)cc1OC. The fourth-order valence-electron chi connectivity index (χ4n) is 3.69. The number of hydrogen-bond acceptors (Lipinski definition) is 7. The van der Waals surface area contributed by atoms with Crippen LogP contribution in [0.5, 0.6) is 11.5 Å². The molecule has 1 fully saturated rings. The van der Waals surface area contributed by atoms with Gasteiger partial charge in [-0.1, -0.05) is 23.5 Å². The lowest BCUT2D eigenvalue weighted by atomic mass is 10.1. The van der Waals surface area contributed by atoms with Crippen LogP contribution in [-0.4, -0.2) is 43.7 Å². The van der Waals surface area contributed by atoms with Crippen molar-refractivity contribution in [1.82, 2.24) is 10.3 Å². The minimum Gasteiger partial charge on any atom is -0.493 e. The molecule has 1 aliphatic heterocycles. The highest BCUT2D eigenvalue weighted by atomic mass is 32.1. The predicted molar refractivity (Wildman–Crippen MR) is 130 cm³/mol. The Kier molecular flexibility index (Phi) is 7.27. The highest BCUT2D eigenvalue weighted by molar-refractivity contribution is 7.19. The second-order valence-corrected chi connectivity index (χ2v) is 8.67. The molecule has 0 saturated carbocycles. The van der Waals surface area contributed by atoms with Gasteiger partial charge in [0.2, 0.25) is 5.75 Å². The lowest BCUT2D eigenvalue weighted by molar-refractivity contribution is 0.102. The minimum atomic E-state index is -0.894. The summed E-state index contributed by atoms with van der Waals surface area (Å²) in [5.41, 5.74) is 2.19. The topological polar surface area (TPSA) is 92.8 Å². The molecule has 2 heterocycles. The molecular weight excluding hydrogens is 459 g/mol. The third-order valence-corrected chi connectivity index (χ3v) is 6.30. The van der Waals surface area contributed by atoms with Crippen LogP contribution in [0.15, 0.2) is 42.6 Å². The number of nitrogens with one attached hydrogen (secondary N) is 2. The van der Waals surface area contributed by atoms with Crippen LogP contribution < -0.4 is 25.0 Å². The zero-order chi connectivity index (χ0) is 24.1. The Balaban J connectivity index is 1.49.